The van der Waals surface area contributed by atoms with Gasteiger partial charge < -0.3 is 0 Å². The van der Waals surface area contributed by atoms with Gasteiger partial charge in [-0.05, 0) is 0 Å². The zero-order valence-electron chi connectivity index (χ0n) is 16.8. The van der Waals surface area contributed by atoms with Crippen molar-refractivity contribution in [2.75, 3.05) is 16.8 Å². The number of aromatic amines is 1. The molecule has 32 heavy (non-hydrogen) atoms. The molecule has 0 amide bonds. The molecule has 5 atom stereocenters. The standard InChI is InChI=1S/C18H20BBrN5O6P/c19-32(28)29-7-10-13(31-32)12(26)16(30-10)25-14-11(22-17(25)20)15(27)24-6-9(21-18(24)23-14)8-4-2-1-3-5-8/h1-6,10,12-13,16-17,22,26,28,32H,7,19H2,(H,21,23)/t10?,12?,13-,16?,17?/m1/s1. The molecule has 3 aromatic rings. The number of fused-ring (bicyclic) bond motifs is 3. The third-order valence-electron chi connectivity index (χ3n) is 5.89. The van der Waals surface area contributed by atoms with Gasteiger partial charge in [-0.3, -0.25) is 0 Å². The van der Waals surface area contributed by atoms with E-state index in [9.17, 15) is 14.8 Å². The number of benzene rings is 1. The number of ether oxygens (including phenoxy) is 1. The van der Waals surface area contributed by atoms with Crippen molar-refractivity contribution in [3.8, 4) is 11.3 Å². The molecule has 4 unspecified atom stereocenters. The Labute approximate surface area is 191 Å². The maximum atomic E-state index is 13.2. The van der Waals surface area contributed by atoms with Gasteiger partial charge in [0.15, 0.2) is 0 Å². The first-order valence-electron chi connectivity index (χ1n) is 10.1. The average Bonchev–Trinajstić information content (AvgIpc) is 3.43. The Morgan fingerprint density at radius 3 is 2.88 bits per heavy atom. The summed E-state index contributed by atoms with van der Waals surface area (Å²) in [6.45, 7) is 0.116. The Balaban J connectivity index is 1.40. The summed E-state index contributed by atoms with van der Waals surface area (Å²) in [5.74, 6) is 0.701. The van der Waals surface area contributed by atoms with E-state index in [0.717, 1.165) is 11.3 Å². The number of rotatable bonds is 2. The molecular formula is C18H20BBrN5O6P. The van der Waals surface area contributed by atoms with E-state index in [4.69, 9.17) is 13.8 Å². The van der Waals surface area contributed by atoms with Crippen LogP contribution < -0.4 is 15.8 Å². The second-order valence-electron chi connectivity index (χ2n) is 8.08. The van der Waals surface area contributed by atoms with Crippen LogP contribution in [-0.4, -0.2) is 68.2 Å². The Bertz CT molecular complexity index is 1260. The number of imidazole rings is 1. The molecule has 3 aliphatic heterocycles. The van der Waals surface area contributed by atoms with Crippen molar-refractivity contribution in [3.05, 3.63) is 46.9 Å². The molecule has 2 aromatic heterocycles. The fraction of sp³-hybridized carbons (Fsp3) is 0.333. The Morgan fingerprint density at radius 2 is 2.09 bits per heavy atom. The number of aliphatic hydroxyl groups excluding tert-OH is 1. The maximum absolute atomic E-state index is 13.2. The first-order chi connectivity index (χ1) is 15.3. The molecule has 0 spiro atoms. The summed E-state index contributed by atoms with van der Waals surface area (Å²) in [6.07, 6.45) is -1.53. The van der Waals surface area contributed by atoms with Gasteiger partial charge in [-0.2, -0.15) is 0 Å². The quantitative estimate of drug-likeness (QED) is 0.160. The predicted octanol–water partition coefficient (Wildman–Crippen LogP) is 0.136. The molecule has 2 saturated heterocycles. The van der Waals surface area contributed by atoms with Gasteiger partial charge in [-0.15, -0.1) is 0 Å². The van der Waals surface area contributed by atoms with Crippen molar-refractivity contribution in [2.24, 2.45) is 0 Å². The van der Waals surface area contributed by atoms with E-state index in [0.29, 0.717) is 11.6 Å². The van der Waals surface area contributed by atoms with Crippen LogP contribution in [0.3, 0.4) is 0 Å². The number of halogens is 1. The van der Waals surface area contributed by atoms with E-state index < -0.39 is 37.4 Å². The number of aliphatic hydroxyl groups is 1. The number of H-pyrrole nitrogens is 1. The summed E-state index contributed by atoms with van der Waals surface area (Å²) in [4.78, 5) is 32.9. The van der Waals surface area contributed by atoms with Crippen molar-refractivity contribution in [1.82, 2.24) is 14.4 Å². The van der Waals surface area contributed by atoms with Crippen molar-refractivity contribution in [1.29, 1.82) is 0 Å². The number of hydrogen-bond donors (Lipinski definition) is 4. The van der Waals surface area contributed by atoms with Crippen LogP contribution in [0.15, 0.2) is 41.3 Å². The van der Waals surface area contributed by atoms with Crippen LogP contribution in [-0.2, 0) is 13.8 Å². The Kier molecular flexibility index (Phi) is 4.67. The van der Waals surface area contributed by atoms with Crippen LogP contribution in [0.1, 0.15) is 0 Å². The van der Waals surface area contributed by atoms with Gasteiger partial charge in [0, 0.05) is 0 Å². The number of anilines is 2. The van der Waals surface area contributed by atoms with Crippen LogP contribution >= 0.6 is 23.8 Å². The van der Waals surface area contributed by atoms with Gasteiger partial charge in [0.25, 0.3) is 0 Å². The average molecular weight is 524 g/mol. The van der Waals surface area contributed by atoms with Crippen molar-refractivity contribution >= 4 is 48.6 Å². The van der Waals surface area contributed by atoms with E-state index in [2.05, 4.69) is 31.2 Å². The Hall–Kier alpha value is -1.99. The molecule has 0 saturated carbocycles. The molecule has 1 aromatic carbocycles. The molecule has 3 aliphatic rings. The van der Waals surface area contributed by atoms with Crippen molar-refractivity contribution in [3.63, 3.8) is 0 Å². The summed E-state index contributed by atoms with van der Waals surface area (Å²) in [6, 6.07) is 9.63. The van der Waals surface area contributed by atoms with E-state index in [1.807, 2.05) is 30.3 Å². The Morgan fingerprint density at radius 1 is 1.31 bits per heavy atom. The molecular weight excluding hydrogens is 504 g/mol. The van der Waals surface area contributed by atoms with Gasteiger partial charge in [0.05, 0.1) is 0 Å². The van der Waals surface area contributed by atoms with Crippen molar-refractivity contribution in [2.45, 2.75) is 29.6 Å². The fourth-order valence-electron chi connectivity index (χ4n) is 4.39. The van der Waals surface area contributed by atoms with Crippen LogP contribution in [0, 0.1) is 0 Å². The predicted molar refractivity (Wildman–Crippen MR) is 125 cm³/mol. The SMILES string of the molecule is B[PH]1(O)OCC2OC(N3c4nc5[nH]c(-c6ccccc6)cn5c(=O)c4NC3Br)C(O)[C@@H]2O1. The van der Waals surface area contributed by atoms with E-state index in [1.54, 1.807) is 11.1 Å². The number of hydrogen-bond acceptors (Lipinski definition) is 9. The zero-order chi connectivity index (χ0) is 22.2. The van der Waals surface area contributed by atoms with E-state index in [1.165, 1.54) is 12.0 Å². The zero-order valence-corrected chi connectivity index (χ0v) is 19.4. The second-order valence-corrected chi connectivity index (χ2v) is 11.3. The molecule has 0 radical (unpaired) electrons. The summed E-state index contributed by atoms with van der Waals surface area (Å²) in [7, 11) is -1.81. The number of aromatic nitrogens is 3. The van der Waals surface area contributed by atoms with Gasteiger partial charge >= 0.3 is 173 Å². The summed E-state index contributed by atoms with van der Waals surface area (Å²) < 4.78 is 18.4. The number of alkyl halides is 1. The summed E-state index contributed by atoms with van der Waals surface area (Å²) in [5.41, 5.74) is 1.68. The molecule has 0 aliphatic carbocycles. The van der Waals surface area contributed by atoms with Crippen LogP contribution in [0.25, 0.3) is 17.0 Å². The molecule has 14 heteroatoms. The van der Waals surface area contributed by atoms with Gasteiger partial charge in [-0.25, -0.2) is 0 Å². The van der Waals surface area contributed by atoms with Crippen molar-refractivity contribution < 1.29 is 23.8 Å². The fourth-order valence-corrected chi connectivity index (χ4v) is 6.38. The van der Waals surface area contributed by atoms with E-state index >= 15 is 0 Å². The monoisotopic (exact) mass is 523 g/mol. The summed E-state index contributed by atoms with van der Waals surface area (Å²) in [5, 5.41) is 13.5. The molecule has 0 bridgehead atoms. The molecule has 2 fully saturated rings. The molecule has 6 rings (SSSR count). The van der Waals surface area contributed by atoms with Crippen LogP contribution in [0.4, 0.5) is 11.5 Å². The molecule has 168 valence electrons. The third kappa shape index (κ3) is 3.12. The van der Waals surface area contributed by atoms with Gasteiger partial charge in [0.1, 0.15) is 0 Å². The van der Waals surface area contributed by atoms with Gasteiger partial charge in [0.2, 0.25) is 0 Å². The third-order valence-corrected chi connectivity index (χ3v) is 7.97. The number of nitrogens with one attached hydrogen (secondary N) is 2. The van der Waals surface area contributed by atoms with Gasteiger partial charge in [-0.1, -0.05) is 18.2 Å². The number of nitrogens with zero attached hydrogens (tertiary/aromatic N) is 3. The van der Waals surface area contributed by atoms with Crippen LogP contribution in [0.2, 0.25) is 0 Å². The summed E-state index contributed by atoms with van der Waals surface area (Å²) >= 11 is 3.50. The van der Waals surface area contributed by atoms with E-state index in [-0.39, 0.29) is 17.9 Å². The van der Waals surface area contributed by atoms with Crippen LogP contribution in [0.5, 0.6) is 0 Å². The first-order valence-corrected chi connectivity index (χ1v) is 13.3. The molecule has 11 nitrogen and oxygen atoms in total. The molecule has 4 N–H and O–H groups in total. The topological polar surface area (TPSA) is 134 Å². The normalized spacial score (nSPS) is 31.8. The minimum absolute atomic E-state index is 0.116. The molecule has 5 heterocycles. The first kappa shape index (κ1) is 20.6. The minimum atomic E-state index is -3.31. The second kappa shape index (κ2) is 7.26.